The highest BCUT2D eigenvalue weighted by atomic mass is 19.1. The van der Waals surface area contributed by atoms with Crippen molar-refractivity contribution < 1.29 is 4.39 Å². The molecular weight excluding hydrogens is 393 g/mol. The van der Waals surface area contributed by atoms with Crippen molar-refractivity contribution in [3.05, 3.63) is 53.9 Å². The summed E-state index contributed by atoms with van der Waals surface area (Å²) in [6.07, 6.45) is 4.14. The van der Waals surface area contributed by atoms with Gasteiger partial charge in [0.05, 0.1) is 18.1 Å². The predicted octanol–water partition coefficient (Wildman–Crippen LogP) is 3.66. The Morgan fingerprint density at radius 3 is 2.68 bits per heavy atom. The summed E-state index contributed by atoms with van der Waals surface area (Å²) in [7, 11) is 0. The molecule has 3 aromatic rings. The number of benzene rings is 1. The van der Waals surface area contributed by atoms with Crippen LogP contribution in [0.2, 0.25) is 0 Å². The summed E-state index contributed by atoms with van der Waals surface area (Å²) in [6, 6.07) is 9.78. The van der Waals surface area contributed by atoms with E-state index in [2.05, 4.69) is 42.6 Å². The van der Waals surface area contributed by atoms with Crippen LogP contribution >= 0.6 is 0 Å². The Hall–Kier alpha value is -2.84. The van der Waals surface area contributed by atoms with Gasteiger partial charge in [0, 0.05) is 43.4 Å². The van der Waals surface area contributed by atoms with Crippen molar-refractivity contribution in [3.8, 4) is 11.4 Å². The minimum Gasteiger partial charge on any atom is -0.324 e. The van der Waals surface area contributed by atoms with Crippen molar-refractivity contribution in [2.45, 2.75) is 51.9 Å². The normalized spacial score (nSPS) is 20.7. The van der Waals surface area contributed by atoms with E-state index in [-0.39, 0.29) is 11.7 Å². The number of anilines is 2. The zero-order valence-electron chi connectivity index (χ0n) is 18.1. The molecule has 2 aliphatic rings. The smallest absolute Gasteiger partial charge is 0.227 e. The first-order chi connectivity index (χ1) is 15.0. The Bertz CT molecular complexity index is 1080. The van der Waals surface area contributed by atoms with Gasteiger partial charge in [-0.15, -0.1) is 0 Å². The topological polar surface area (TPSA) is 70.9 Å². The molecule has 0 saturated carbocycles. The number of imidazole rings is 1. The van der Waals surface area contributed by atoms with Gasteiger partial charge in [0.1, 0.15) is 11.5 Å². The number of aryl methyl sites for hydroxylation is 1. The van der Waals surface area contributed by atoms with Crippen LogP contribution in [0.5, 0.6) is 0 Å². The van der Waals surface area contributed by atoms with Gasteiger partial charge in [-0.05, 0) is 44.9 Å². The molecule has 0 radical (unpaired) electrons. The van der Waals surface area contributed by atoms with Crippen LogP contribution in [-0.2, 0) is 6.54 Å². The van der Waals surface area contributed by atoms with Gasteiger partial charge in [0.2, 0.25) is 5.95 Å². The number of piperazine rings is 1. The second-order valence-corrected chi connectivity index (χ2v) is 8.79. The van der Waals surface area contributed by atoms with Crippen LogP contribution in [0.15, 0.2) is 36.7 Å². The highest BCUT2D eigenvalue weighted by Gasteiger charge is 2.37. The van der Waals surface area contributed by atoms with Crippen LogP contribution in [0.3, 0.4) is 0 Å². The van der Waals surface area contributed by atoms with E-state index in [1.165, 1.54) is 18.2 Å². The second kappa shape index (κ2) is 8.01. The Morgan fingerprint density at radius 1 is 1.19 bits per heavy atom. The fourth-order valence-corrected chi connectivity index (χ4v) is 4.79. The van der Waals surface area contributed by atoms with Gasteiger partial charge in [-0.2, -0.15) is 0 Å². The third-order valence-electron chi connectivity index (χ3n) is 6.25. The van der Waals surface area contributed by atoms with Gasteiger partial charge >= 0.3 is 0 Å². The third-order valence-corrected chi connectivity index (χ3v) is 6.25. The van der Waals surface area contributed by atoms with Crippen LogP contribution < -0.4 is 10.6 Å². The van der Waals surface area contributed by atoms with Gasteiger partial charge in [-0.25, -0.2) is 19.3 Å². The highest BCUT2D eigenvalue weighted by Crippen LogP contribution is 2.27. The molecule has 0 spiro atoms. The molecule has 0 aliphatic carbocycles. The number of hydrogen-bond acceptors (Lipinski definition) is 6. The summed E-state index contributed by atoms with van der Waals surface area (Å²) >= 11 is 0. The van der Waals surface area contributed by atoms with Crippen molar-refractivity contribution in [1.82, 2.24) is 29.7 Å². The van der Waals surface area contributed by atoms with Gasteiger partial charge in [-0.1, -0.05) is 12.1 Å². The monoisotopic (exact) mass is 421 g/mol. The Balaban J connectivity index is 1.32. The largest absolute Gasteiger partial charge is 0.324 e. The van der Waals surface area contributed by atoms with E-state index in [1.807, 2.05) is 37.5 Å². The highest BCUT2D eigenvalue weighted by molar-refractivity contribution is 5.60. The number of likely N-dealkylation sites (tertiary alicyclic amines) is 1. The Morgan fingerprint density at radius 2 is 2.00 bits per heavy atom. The lowest BCUT2D eigenvalue weighted by atomic mass is 10.1. The molecule has 8 heteroatoms. The first-order valence-corrected chi connectivity index (χ1v) is 10.9. The zero-order chi connectivity index (χ0) is 21.5. The molecule has 2 atom stereocenters. The quantitative estimate of drug-likeness (QED) is 0.633. The molecule has 7 nitrogen and oxygen atoms in total. The maximum absolute atomic E-state index is 14.6. The van der Waals surface area contributed by atoms with E-state index in [0.29, 0.717) is 23.7 Å². The van der Waals surface area contributed by atoms with E-state index < -0.39 is 5.82 Å². The number of hydrogen-bond donors (Lipinski definition) is 2. The minimum atomic E-state index is -0.461. The van der Waals surface area contributed by atoms with Crippen molar-refractivity contribution in [3.63, 3.8) is 0 Å². The molecule has 2 aromatic heterocycles. The number of aromatic nitrogens is 4. The van der Waals surface area contributed by atoms with Crippen LogP contribution in [-0.4, -0.2) is 49.6 Å². The van der Waals surface area contributed by atoms with Gasteiger partial charge in [-0.3, -0.25) is 4.90 Å². The molecule has 0 amide bonds. The Kier molecular flexibility index (Phi) is 5.19. The number of rotatable bonds is 6. The number of nitrogens with zero attached hydrogens (tertiary/aromatic N) is 5. The van der Waals surface area contributed by atoms with Crippen LogP contribution in [0.4, 0.5) is 16.0 Å². The lowest BCUT2D eigenvalue weighted by Crippen LogP contribution is -2.42. The predicted molar refractivity (Wildman–Crippen MR) is 119 cm³/mol. The summed E-state index contributed by atoms with van der Waals surface area (Å²) in [5, 5.41) is 6.74. The maximum Gasteiger partial charge on any atom is 0.227 e. The molecule has 2 saturated heterocycles. The van der Waals surface area contributed by atoms with E-state index in [0.717, 1.165) is 31.1 Å². The summed E-state index contributed by atoms with van der Waals surface area (Å²) in [5.41, 5.74) is 3.07. The van der Waals surface area contributed by atoms with Crippen molar-refractivity contribution >= 4 is 11.6 Å². The molecule has 1 aromatic carbocycles. The average Bonchev–Trinajstić information content (AvgIpc) is 3.46. The number of fused-ring (bicyclic) bond motifs is 2. The number of halogens is 1. The lowest BCUT2D eigenvalue weighted by molar-refractivity contribution is 0.218. The second-order valence-electron chi connectivity index (χ2n) is 8.79. The molecule has 2 bridgehead atoms. The average molecular weight is 422 g/mol. The fraction of sp³-hybridized carbons (Fsp3) is 0.435. The Labute approximate surface area is 181 Å². The molecule has 31 heavy (non-hydrogen) atoms. The van der Waals surface area contributed by atoms with Crippen molar-refractivity contribution in [1.29, 1.82) is 0 Å². The van der Waals surface area contributed by atoms with Crippen LogP contribution in [0.1, 0.15) is 37.7 Å². The van der Waals surface area contributed by atoms with Gasteiger partial charge < -0.3 is 15.2 Å². The van der Waals surface area contributed by atoms with Gasteiger partial charge in [0.25, 0.3) is 0 Å². The lowest BCUT2D eigenvalue weighted by Gasteiger charge is -2.27. The SMILES string of the molecule is Cc1ncc(-c2nc(Nc3ccc(CN4C[C@@H]5C[C@H]4CN5)cc3)ncc2F)n1C(C)C. The van der Waals surface area contributed by atoms with Crippen LogP contribution in [0.25, 0.3) is 11.4 Å². The molecule has 162 valence electrons. The van der Waals surface area contributed by atoms with E-state index >= 15 is 0 Å². The summed E-state index contributed by atoms with van der Waals surface area (Å²) in [4.78, 5) is 15.5. The van der Waals surface area contributed by atoms with Crippen molar-refractivity contribution in [2.24, 2.45) is 0 Å². The molecule has 0 unspecified atom stereocenters. The summed E-state index contributed by atoms with van der Waals surface area (Å²) in [6.45, 7) is 9.20. The molecule has 4 heterocycles. The summed E-state index contributed by atoms with van der Waals surface area (Å²) < 4.78 is 16.5. The van der Waals surface area contributed by atoms with E-state index in [4.69, 9.17) is 0 Å². The minimum absolute atomic E-state index is 0.150. The molecule has 2 N–H and O–H groups in total. The zero-order valence-corrected chi connectivity index (χ0v) is 18.1. The van der Waals surface area contributed by atoms with Gasteiger partial charge in [0.15, 0.2) is 5.82 Å². The van der Waals surface area contributed by atoms with E-state index in [9.17, 15) is 4.39 Å². The first-order valence-electron chi connectivity index (χ1n) is 10.9. The first kappa shape index (κ1) is 20.1. The maximum atomic E-state index is 14.6. The molecule has 2 fully saturated rings. The van der Waals surface area contributed by atoms with Crippen LogP contribution in [0, 0.1) is 12.7 Å². The number of nitrogens with one attached hydrogen (secondary N) is 2. The third kappa shape index (κ3) is 3.93. The standard InChI is InChI=1S/C23H28FN7/c1-14(2)31-15(3)25-11-21(31)22-20(24)10-27-23(29-22)28-17-6-4-16(5-7-17)12-30-13-18-8-19(30)9-26-18/h4-7,10-11,14,18-19,26H,8-9,12-13H2,1-3H3,(H,27,28,29)/t18-,19-/m0/s1. The van der Waals surface area contributed by atoms with E-state index in [1.54, 1.807) is 6.20 Å². The fourth-order valence-electron chi connectivity index (χ4n) is 4.79. The molecule has 5 rings (SSSR count). The molecular formula is C23H28FN7. The summed E-state index contributed by atoms with van der Waals surface area (Å²) in [5.74, 6) is 0.730. The van der Waals surface area contributed by atoms with Crippen molar-refractivity contribution in [2.75, 3.05) is 18.4 Å². The molecule has 2 aliphatic heterocycles.